The first-order chi connectivity index (χ1) is 16.6. The molecular formula is C25H21ClN4O3S. The van der Waals surface area contributed by atoms with Gasteiger partial charge in [0.15, 0.2) is 22.5 Å². The van der Waals surface area contributed by atoms with Crippen LogP contribution in [0.25, 0.3) is 17.1 Å². The van der Waals surface area contributed by atoms with Crippen molar-refractivity contribution >= 4 is 29.3 Å². The van der Waals surface area contributed by atoms with E-state index in [2.05, 4.69) is 15.5 Å². The number of amides is 1. The second-order valence-electron chi connectivity index (χ2n) is 7.74. The summed E-state index contributed by atoms with van der Waals surface area (Å²) in [5.41, 5.74) is 3.91. The number of carbonyl (C=O) groups is 1. The van der Waals surface area contributed by atoms with Crippen LogP contribution in [0.5, 0.6) is 11.5 Å². The molecule has 1 aliphatic heterocycles. The Morgan fingerprint density at radius 1 is 1.03 bits per heavy atom. The van der Waals surface area contributed by atoms with E-state index in [0.717, 1.165) is 28.1 Å². The molecule has 7 nitrogen and oxygen atoms in total. The SMILES string of the molecule is Cc1ccc(-c2nnc(SCC(=O)NCc3ccc4c(c3)OCO4)n2-c2ccc(Cl)cc2)cc1. The van der Waals surface area contributed by atoms with Gasteiger partial charge < -0.3 is 14.8 Å². The second-order valence-corrected chi connectivity index (χ2v) is 9.12. The summed E-state index contributed by atoms with van der Waals surface area (Å²) in [4.78, 5) is 12.6. The Morgan fingerprint density at radius 3 is 2.59 bits per heavy atom. The summed E-state index contributed by atoms with van der Waals surface area (Å²) >= 11 is 7.42. The van der Waals surface area contributed by atoms with E-state index in [0.29, 0.717) is 28.3 Å². The molecule has 4 aromatic rings. The van der Waals surface area contributed by atoms with Crippen molar-refractivity contribution in [2.75, 3.05) is 12.5 Å². The molecule has 5 rings (SSSR count). The maximum absolute atomic E-state index is 12.6. The molecule has 0 saturated heterocycles. The van der Waals surface area contributed by atoms with Crippen LogP contribution in [0, 0.1) is 6.92 Å². The number of nitrogens with zero attached hydrogens (tertiary/aromatic N) is 3. The molecule has 0 bridgehead atoms. The monoisotopic (exact) mass is 492 g/mol. The van der Waals surface area contributed by atoms with E-state index < -0.39 is 0 Å². The van der Waals surface area contributed by atoms with Crippen molar-refractivity contribution in [3.05, 3.63) is 82.9 Å². The van der Waals surface area contributed by atoms with Crippen molar-refractivity contribution in [2.24, 2.45) is 0 Å². The number of hydrogen-bond donors (Lipinski definition) is 1. The molecule has 0 spiro atoms. The molecule has 3 aromatic carbocycles. The molecule has 0 atom stereocenters. The average Bonchev–Trinajstić information content (AvgIpc) is 3.49. The zero-order valence-electron chi connectivity index (χ0n) is 18.3. The molecule has 2 heterocycles. The maximum atomic E-state index is 12.6. The second kappa shape index (κ2) is 9.79. The van der Waals surface area contributed by atoms with Crippen LogP contribution in [0.15, 0.2) is 71.9 Å². The number of aryl methyl sites for hydroxylation is 1. The van der Waals surface area contributed by atoms with Gasteiger partial charge in [0.1, 0.15) is 0 Å². The number of thioether (sulfide) groups is 1. The summed E-state index contributed by atoms with van der Waals surface area (Å²) in [5, 5.41) is 13.0. The molecule has 0 fully saturated rings. The fourth-order valence-electron chi connectivity index (χ4n) is 3.51. The molecule has 1 aromatic heterocycles. The van der Waals surface area contributed by atoms with Crippen LogP contribution in [0.4, 0.5) is 0 Å². The highest BCUT2D eigenvalue weighted by Gasteiger charge is 2.18. The Balaban J connectivity index is 1.31. The lowest BCUT2D eigenvalue weighted by molar-refractivity contribution is -0.118. The molecule has 0 saturated carbocycles. The minimum atomic E-state index is -0.106. The fourth-order valence-corrected chi connectivity index (χ4v) is 4.42. The van der Waals surface area contributed by atoms with Gasteiger partial charge in [0.2, 0.25) is 12.7 Å². The number of nitrogens with one attached hydrogen (secondary N) is 1. The van der Waals surface area contributed by atoms with E-state index in [-0.39, 0.29) is 18.5 Å². The lowest BCUT2D eigenvalue weighted by Gasteiger charge is -2.11. The minimum absolute atomic E-state index is 0.106. The van der Waals surface area contributed by atoms with Crippen molar-refractivity contribution in [2.45, 2.75) is 18.6 Å². The number of halogens is 1. The van der Waals surface area contributed by atoms with Crippen molar-refractivity contribution in [1.29, 1.82) is 0 Å². The number of rotatable bonds is 7. The van der Waals surface area contributed by atoms with Crippen molar-refractivity contribution < 1.29 is 14.3 Å². The van der Waals surface area contributed by atoms with Gasteiger partial charge in [-0.05, 0) is 48.9 Å². The van der Waals surface area contributed by atoms with Crippen LogP contribution in [-0.2, 0) is 11.3 Å². The Hall–Kier alpha value is -3.49. The van der Waals surface area contributed by atoms with E-state index in [1.165, 1.54) is 11.8 Å². The van der Waals surface area contributed by atoms with E-state index >= 15 is 0 Å². The molecule has 0 aliphatic carbocycles. The first kappa shape index (κ1) is 22.3. The zero-order chi connectivity index (χ0) is 23.5. The smallest absolute Gasteiger partial charge is 0.231 e. The van der Waals surface area contributed by atoms with Gasteiger partial charge in [-0.2, -0.15) is 0 Å². The number of ether oxygens (including phenoxy) is 2. The van der Waals surface area contributed by atoms with E-state index in [1.807, 2.05) is 78.2 Å². The number of benzene rings is 3. The Morgan fingerprint density at radius 2 is 1.79 bits per heavy atom. The first-order valence-corrected chi connectivity index (χ1v) is 12.0. The van der Waals surface area contributed by atoms with Crippen molar-refractivity contribution in [3.63, 3.8) is 0 Å². The standard InChI is InChI=1S/C25H21ClN4O3S/c1-16-2-5-18(6-3-16)24-28-29-25(30(24)20-9-7-19(26)8-10-20)34-14-23(31)27-13-17-4-11-21-22(12-17)33-15-32-21/h2-12H,13-15H2,1H3,(H,27,31). The van der Waals surface area contributed by atoms with E-state index in [9.17, 15) is 4.79 Å². The fraction of sp³-hybridized carbons (Fsp3) is 0.160. The van der Waals surface area contributed by atoms with Gasteiger partial charge >= 0.3 is 0 Å². The van der Waals surface area contributed by atoms with Crippen molar-refractivity contribution in [3.8, 4) is 28.6 Å². The molecule has 1 aliphatic rings. The lowest BCUT2D eigenvalue weighted by Crippen LogP contribution is -2.24. The quantitative estimate of drug-likeness (QED) is 0.364. The molecule has 1 amide bonds. The summed E-state index contributed by atoms with van der Waals surface area (Å²) < 4.78 is 12.7. The van der Waals surface area contributed by atoms with Crippen LogP contribution in [0.1, 0.15) is 11.1 Å². The molecule has 1 N–H and O–H groups in total. The summed E-state index contributed by atoms with van der Waals surface area (Å²) in [5.74, 6) is 2.21. The topological polar surface area (TPSA) is 78.3 Å². The largest absolute Gasteiger partial charge is 0.454 e. The summed E-state index contributed by atoms with van der Waals surface area (Å²) in [6.07, 6.45) is 0. The highest BCUT2D eigenvalue weighted by Crippen LogP contribution is 2.32. The molecular weight excluding hydrogens is 472 g/mol. The Bertz CT molecular complexity index is 1320. The van der Waals surface area contributed by atoms with Crippen LogP contribution < -0.4 is 14.8 Å². The van der Waals surface area contributed by atoms with E-state index in [1.54, 1.807) is 0 Å². The maximum Gasteiger partial charge on any atom is 0.231 e. The van der Waals surface area contributed by atoms with E-state index in [4.69, 9.17) is 21.1 Å². The van der Waals surface area contributed by atoms with Gasteiger partial charge in [-0.1, -0.05) is 59.3 Å². The van der Waals surface area contributed by atoms with Crippen LogP contribution >= 0.6 is 23.4 Å². The lowest BCUT2D eigenvalue weighted by atomic mass is 10.1. The highest BCUT2D eigenvalue weighted by atomic mass is 35.5. The van der Waals surface area contributed by atoms with Crippen LogP contribution in [-0.4, -0.2) is 33.2 Å². The third kappa shape index (κ3) is 4.88. The number of aromatic nitrogens is 3. The van der Waals surface area contributed by atoms with Gasteiger partial charge in [-0.15, -0.1) is 10.2 Å². The molecule has 9 heteroatoms. The van der Waals surface area contributed by atoms with Crippen molar-refractivity contribution in [1.82, 2.24) is 20.1 Å². The Kier molecular flexibility index (Phi) is 6.42. The number of carbonyl (C=O) groups excluding carboxylic acids is 1. The van der Waals surface area contributed by atoms with Crippen LogP contribution in [0.2, 0.25) is 5.02 Å². The minimum Gasteiger partial charge on any atom is -0.454 e. The predicted molar refractivity (Wildman–Crippen MR) is 132 cm³/mol. The third-order valence-electron chi connectivity index (χ3n) is 5.29. The highest BCUT2D eigenvalue weighted by molar-refractivity contribution is 7.99. The normalized spacial score (nSPS) is 12.1. The third-order valence-corrected chi connectivity index (χ3v) is 6.47. The van der Waals surface area contributed by atoms with Gasteiger partial charge in [0, 0.05) is 22.8 Å². The first-order valence-electron chi connectivity index (χ1n) is 10.6. The zero-order valence-corrected chi connectivity index (χ0v) is 19.9. The summed E-state index contributed by atoms with van der Waals surface area (Å²) in [6.45, 7) is 2.66. The predicted octanol–water partition coefficient (Wildman–Crippen LogP) is 5.03. The number of fused-ring (bicyclic) bond motifs is 1. The summed E-state index contributed by atoms with van der Waals surface area (Å²) in [7, 11) is 0. The van der Waals surface area contributed by atoms with Gasteiger partial charge in [0.25, 0.3) is 0 Å². The average molecular weight is 493 g/mol. The van der Waals surface area contributed by atoms with Crippen LogP contribution in [0.3, 0.4) is 0 Å². The van der Waals surface area contributed by atoms with Gasteiger partial charge in [-0.25, -0.2) is 0 Å². The molecule has 0 unspecified atom stereocenters. The molecule has 0 radical (unpaired) electrons. The van der Waals surface area contributed by atoms with Gasteiger partial charge in [-0.3, -0.25) is 9.36 Å². The molecule has 172 valence electrons. The molecule has 34 heavy (non-hydrogen) atoms. The number of hydrogen-bond acceptors (Lipinski definition) is 6. The van der Waals surface area contributed by atoms with Gasteiger partial charge in [0.05, 0.1) is 5.75 Å². The Labute approximate surface area is 206 Å². The summed E-state index contributed by atoms with van der Waals surface area (Å²) in [6, 6.07) is 21.2.